The second-order valence-corrected chi connectivity index (χ2v) is 9.82. The van der Waals surface area contributed by atoms with Gasteiger partial charge in [-0.3, -0.25) is 9.89 Å². The highest BCUT2D eigenvalue weighted by Crippen LogP contribution is 2.42. The van der Waals surface area contributed by atoms with Crippen molar-refractivity contribution in [2.24, 2.45) is 4.99 Å². The molecule has 5 nitrogen and oxygen atoms in total. The molecule has 2 heterocycles. The topological polar surface area (TPSA) is 34.1 Å². The van der Waals surface area contributed by atoms with Crippen LogP contribution >= 0.6 is 11.8 Å². The number of nitrogens with one attached hydrogen (secondary N) is 1. The zero-order chi connectivity index (χ0) is 18.4. The van der Waals surface area contributed by atoms with Crippen LogP contribution in [0.1, 0.15) is 46.0 Å². The van der Waals surface area contributed by atoms with Crippen LogP contribution in [0, 0.1) is 0 Å². The zero-order valence-corrected chi connectivity index (χ0v) is 18.0. The van der Waals surface area contributed by atoms with Gasteiger partial charge in [-0.05, 0) is 26.3 Å². The molecule has 0 aromatic rings. The van der Waals surface area contributed by atoms with Crippen molar-refractivity contribution in [2.75, 3.05) is 65.2 Å². The van der Waals surface area contributed by atoms with Crippen LogP contribution in [-0.4, -0.2) is 96.6 Å². The molecule has 1 atom stereocenters. The van der Waals surface area contributed by atoms with Crippen molar-refractivity contribution in [2.45, 2.75) is 56.7 Å². The minimum Gasteiger partial charge on any atom is -0.355 e. The molecule has 26 heavy (non-hydrogen) atoms. The normalized spacial score (nSPS) is 26.9. The van der Waals surface area contributed by atoms with E-state index in [1.165, 1.54) is 77.1 Å². The average Bonchev–Trinajstić information content (AvgIpc) is 2.69. The Kier molecular flexibility index (Phi) is 7.53. The lowest BCUT2D eigenvalue weighted by atomic mass is 9.87. The van der Waals surface area contributed by atoms with Crippen molar-refractivity contribution in [1.29, 1.82) is 0 Å². The van der Waals surface area contributed by atoms with Gasteiger partial charge in [0.05, 0.1) is 0 Å². The molecule has 1 spiro atoms. The van der Waals surface area contributed by atoms with E-state index in [0.717, 1.165) is 19.0 Å². The van der Waals surface area contributed by atoms with Gasteiger partial charge in [-0.15, -0.1) is 0 Å². The van der Waals surface area contributed by atoms with Crippen LogP contribution in [0.5, 0.6) is 0 Å². The van der Waals surface area contributed by atoms with Crippen LogP contribution in [0.15, 0.2) is 4.99 Å². The lowest BCUT2D eigenvalue weighted by Gasteiger charge is -2.45. The maximum absolute atomic E-state index is 4.63. The number of guanidine groups is 1. The fourth-order valence-electron chi connectivity index (χ4n) is 4.74. The second-order valence-electron chi connectivity index (χ2n) is 8.26. The van der Waals surface area contributed by atoms with E-state index in [0.29, 0.717) is 10.8 Å². The number of hydrogen-bond donors (Lipinski definition) is 1. The van der Waals surface area contributed by atoms with Crippen molar-refractivity contribution in [1.82, 2.24) is 20.0 Å². The highest BCUT2D eigenvalue weighted by atomic mass is 32.2. The van der Waals surface area contributed by atoms with E-state index in [4.69, 9.17) is 0 Å². The number of rotatable bonds is 4. The van der Waals surface area contributed by atoms with E-state index in [-0.39, 0.29) is 0 Å². The Balaban J connectivity index is 1.48. The predicted octanol–water partition coefficient (Wildman–Crippen LogP) is 2.34. The van der Waals surface area contributed by atoms with E-state index in [9.17, 15) is 0 Å². The lowest BCUT2D eigenvalue weighted by Crippen LogP contribution is -2.56. The van der Waals surface area contributed by atoms with Crippen LogP contribution < -0.4 is 5.32 Å². The summed E-state index contributed by atoms with van der Waals surface area (Å²) in [7, 11) is 1.95. The lowest BCUT2D eigenvalue weighted by molar-refractivity contribution is 0.107. The molecular formula is C20H39N5S. The van der Waals surface area contributed by atoms with Crippen LogP contribution in [0.2, 0.25) is 0 Å². The molecule has 3 aliphatic rings. The molecular weight excluding hydrogens is 342 g/mol. The maximum atomic E-state index is 4.63. The smallest absolute Gasteiger partial charge is 0.193 e. The zero-order valence-electron chi connectivity index (χ0n) is 17.2. The molecule has 3 rings (SSSR count). The van der Waals surface area contributed by atoms with E-state index < -0.39 is 0 Å². The molecule has 3 fully saturated rings. The number of thioether (sulfide) groups is 1. The molecule has 0 bridgehead atoms. The van der Waals surface area contributed by atoms with Gasteiger partial charge < -0.3 is 15.1 Å². The van der Waals surface area contributed by atoms with Gasteiger partial charge in [0.1, 0.15) is 0 Å². The third-order valence-corrected chi connectivity index (χ3v) is 8.09. The third-order valence-electron chi connectivity index (χ3n) is 6.56. The number of likely N-dealkylation sites (N-methyl/N-ethyl adjacent to an activating group) is 1. The standard InChI is InChI=1S/C20H39N5S/c1-4-23-10-12-24(13-11-23)18(2)16-22-19(21-3)25-14-15-26-20(17-25)8-6-5-7-9-20/h18H,4-17H2,1-3H3,(H,21,22). The van der Waals surface area contributed by atoms with Gasteiger partial charge in [0.25, 0.3) is 0 Å². The molecule has 2 aliphatic heterocycles. The van der Waals surface area contributed by atoms with Crippen LogP contribution in [0.3, 0.4) is 0 Å². The first-order valence-corrected chi connectivity index (χ1v) is 11.7. The second kappa shape index (κ2) is 9.65. The summed E-state index contributed by atoms with van der Waals surface area (Å²) < 4.78 is 0.496. The maximum Gasteiger partial charge on any atom is 0.193 e. The van der Waals surface area contributed by atoms with Crippen molar-refractivity contribution in [3.05, 3.63) is 0 Å². The van der Waals surface area contributed by atoms with Gasteiger partial charge in [0.15, 0.2) is 5.96 Å². The quantitative estimate of drug-likeness (QED) is 0.597. The van der Waals surface area contributed by atoms with Crippen LogP contribution in [-0.2, 0) is 0 Å². The summed E-state index contributed by atoms with van der Waals surface area (Å²) >= 11 is 2.23. The Morgan fingerprint density at radius 2 is 1.85 bits per heavy atom. The van der Waals surface area contributed by atoms with Gasteiger partial charge in [-0.25, -0.2) is 0 Å². The first kappa shape index (κ1) is 20.3. The largest absolute Gasteiger partial charge is 0.355 e. The summed E-state index contributed by atoms with van der Waals surface area (Å²) in [5.74, 6) is 2.36. The molecule has 0 aromatic heterocycles. The average molecular weight is 382 g/mol. The molecule has 1 aliphatic carbocycles. The van der Waals surface area contributed by atoms with E-state index in [1.807, 2.05) is 7.05 Å². The summed E-state index contributed by atoms with van der Waals surface area (Å²) in [6, 6.07) is 0.563. The van der Waals surface area contributed by atoms with E-state index in [2.05, 4.69) is 50.6 Å². The van der Waals surface area contributed by atoms with Crippen LogP contribution in [0.25, 0.3) is 0 Å². The highest BCUT2D eigenvalue weighted by Gasteiger charge is 2.38. The Morgan fingerprint density at radius 1 is 1.12 bits per heavy atom. The summed E-state index contributed by atoms with van der Waals surface area (Å²) in [5, 5.41) is 3.69. The molecule has 6 heteroatoms. The van der Waals surface area contributed by atoms with Crippen molar-refractivity contribution >= 4 is 17.7 Å². The predicted molar refractivity (Wildman–Crippen MR) is 114 cm³/mol. The molecule has 1 saturated carbocycles. The van der Waals surface area contributed by atoms with E-state index >= 15 is 0 Å². The third kappa shape index (κ3) is 5.08. The molecule has 1 N–H and O–H groups in total. The fourth-order valence-corrected chi connectivity index (χ4v) is 6.31. The van der Waals surface area contributed by atoms with Crippen LogP contribution in [0.4, 0.5) is 0 Å². The number of nitrogens with zero attached hydrogens (tertiary/aromatic N) is 4. The Hall–Kier alpha value is -0.460. The summed E-state index contributed by atoms with van der Waals surface area (Å²) in [5.41, 5.74) is 0. The van der Waals surface area contributed by atoms with Gasteiger partial charge in [0.2, 0.25) is 0 Å². The Bertz CT molecular complexity index is 450. The van der Waals surface area contributed by atoms with Crippen molar-refractivity contribution < 1.29 is 0 Å². The minimum atomic E-state index is 0.496. The number of piperazine rings is 1. The van der Waals surface area contributed by atoms with Gasteiger partial charge in [0, 0.05) is 69.4 Å². The number of hydrogen-bond acceptors (Lipinski definition) is 4. The minimum absolute atomic E-state index is 0.496. The SMILES string of the molecule is CCN1CCN(C(C)CNC(=NC)N2CCSC3(CCCCC3)C2)CC1. The molecule has 1 unspecified atom stereocenters. The molecule has 2 saturated heterocycles. The van der Waals surface area contributed by atoms with Gasteiger partial charge >= 0.3 is 0 Å². The summed E-state index contributed by atoms with van der Waals surface area (Å²) in [6.45, 7) is 13.9. The summed E-state index contributed by atoms with van der Waals surface area (Å²) in [6.07, 6.45) is 7.03. The first-order valence-electron chi connectivity index (χ1n) is 10.7. The van der Waals surface area contributed by atoms with Crippen molar-refractivity contribution in [3.63, 3.8) is 0 Å². The Morgan fingerprint density at radius 3 is 2.50 bits per heavy atom. The highest BCUT2D eigenvalue weighted by molar-refractivity contribution is 8.00. The van der Waals surface area contributed by atoms with Crippen molar-refractivity contribution in [3.8, 4) is 0 Å². The van der Waals surface area contributed by atoms with E-state index in [1.54, 1.807) is 0 Å². The Labute approximate surface area is 165 Å². The number of aliphatic imine (C=N–C) groups is 1. The monoisotopic (exact) mass is 381 g/mol. The first-order chi connectivity index (χ1) is 12.7. The molecule has 0 amide bonds. The fraction of sp³-hybridized carbons (Fsp3) is 0.950. The molecule has 150 valence electrons. The molecule has 0 radical (unpaired) electrons. The van der Waals surface area contributed by atoms with Gasteiger partial charge in [-0.1, -0.05) is 26.2 Å². The summed E-state index contributed by atoms with van der Waals surface area (Å²) in [4.78, 5) is 12.3. The molecule has 0 aromatic carbocycles. The van der Waals surface area contributed by atoms with Gasteiger partial charge in [-0.2, -0.15) is 11.8 Å².